The van der Waals surface area contributed by atoms with Crippen LogP contribution in [0.5, 0.6) is 0 Å². The van der Waals surface area contributed by atoms with Gasteiger partial charge in [-0.05, 0) is 18.6 Å². The Morgan fingerprint density at radius 3 is 2.00 bits per heavy atom. The summed E-state index contributed by atoms with van der Waals surface area (Å²) >= 11 is 0. The number of hydrogen-bond acceptors (Lipinski definition) is 1. The molecule has 1 aromatic rings. The lowest BCUT2D eigenvalue weighted by Gasteiger charge is -2.03. The Balaban J connectivity index is 0. The molecule has 3 heteroatoms. The number of hydrogen-bond donors (Lipinski definition) is 2. The third-order valence-corrected chi connectivity index (χ3v) is 1.40. The number of nitrogens with two attached hydrogens (primary N) is 1. The molecule has 0 unspecified atom stereocenters. The molecule has 0 fully saturated rings. The van der Waals surface area contributed by atoms with E-state index in [0.717, 1.165) is 11.3 Å². The Hall–Kier alpha value is -1.51. The Morgan fingerprint density at radius 2 is 1.60 bits per heavy atom. The molecule has 0 atom stereocenters. The molecule has 0 aromatic heterocycles. The average Bonchev–Trinajstić information content (AvgIpc) is 2.27. The van der Waals surface area contributed by atoms with Crippen LogP contribution >= 0.6 is 0 Å². The van der Waals surface area contributed by atoms with Crippen molar-refractivity contribution in [2.24, 2.45) is 5.73 Å². The fourth-order valence-electron chi connectivity index (χ4n) is 0.846. The quantitative estimate of drug-likeness (QED) is 0.732. The van der Waals surface area contributed by atoms with Crippen LogP contribution in [0, 0.1) is 6.92 Å². The highest BCUT2D eigenvalue weighted by Gasteiger charge is 1.96. The van der Waals surface area contributed by atoms with E-state index < -0.39 is 6.03 Å². The normalized spacial score (nSPS) is 7.53. The second-order valence-electron chi connectivity index (χ2n) is 2.30. The van der Waals surface area contributed by atoms with Gasteiger partial charge >= 0.3 is 6.03 Å². The molecule has 0 aliphatic carbocycles. The van der Waals surface area contributed by atoms with E-state index in [2.05, 4.69) is 5.32 Å². The predicted molar refractivity (Wildman–Crippen MR) is 67.1 cm³/mol. The van der Waals surface area contributed by atoms with E-state index in [9.17, 15) is 4.79 Å². The number of carbonyl (C=O) groups excluding carboxylic acids is 1. The Bertz CT molecular complexity index is 272. The van der Waals surface area contributed by atoms with Crippen LogP contribution in [-0.2, 0) is 0 Å². The Morgan fingerprint density at radius 1 is 1.13 bits per heavy atom. The van der Waals surface area contributed by atoms with E-state index in [-0.39, 0.29) is 0 Å². The molecule has 2 amide bonds. The number of carbonyl (C=O) groups is 1. The number of anilines is 1. The van der Waals surface area contributed by atoms with Crippen molar-refractivity contribution in [3.8, 4) is 0 Å². The maximum atomic E-state index is 10.4. The number of rotatable bonds is 1. The van der Waals surface area contributed by atoms with Crippen LogP contribution in [0.15, 0.2) is 24.3 Å². The monoisotopic (exact) mass is 210 g/mol. The minimum atomic E-state index is -0.528. The van der Waals surface area contributed by atoms with Crippen molar-refractivity contribution < 1.29 is 4.79 Å². The molecule has 3 nitrogen and oxygen atoms in total. The van der Waals surface area contributed by atoms with Crippen LogP contribution in [0.25, 0.3) is 0 Å². The number of aryl methyl sites for hydroxylation is 1. The summed E-state index contributed by atoms with van der Waals surface area (Å²) in [5, 5.41) is 2.51. The zero-order valence-corrected chi connectivity index (χ0v) is 10.3. The first-order valence-corrected chi connectivity index (χ1v) is 5.32. The summed E-state index contributed by atoms with van der Waals surface area (Å²) < 4.78 is 0. The summed E-state index contributed by atoms with van der Waals surface area (Å²) in [6.07, 6.45) is 0. The molecule has 0 spiro atoms. The fourth-order valence-corrected chi connectivity index (χ4v) is 0.846. The van der Waals surface area contributed by atoms with Gasteiger partial charge in [-0.3, -0.25) is 0 Å². The maximum absolute atomic E-state index is 10.4. The number of urea groups is 1. The number of primary amides is 1. The van der Waals surface area contributed by atoms with Crippen molar-refractivity contribution >= 4 is 11.7 Å². The number of benzene rings is 1. The van der Waals surface area contributed by atoms with E-state index in [1.54, 1.807) is 6.07 Å². The van der Waals surface area contributed by atoms with Crippen molar-refractivity contribution in [3.05, 3.63) is 29.8 Å². The lowest BCUT2D eigenvalue weighted by atomic mass is 10.2. The van der Waals surface area contributed by atoms with Crippen molar-refractivity contribution in [3.63, 3.8) is 0 Å². The van der Waals surface area contributed by atoms with E-state index in [1.807, 2.05) is 52.8 Å². The highest BCUT2D eigenvalue weighted by atomic mass is 16.2. The van der Waals surface area contributed by atoms with Crippen LogP contribution in [0.3, 0.4) is 0 Å². The molecular formula is C12H22N2O. The second-order valence-corrected chi connectivity index (χ2v) is 2.30. The largest absolute Gasteiger partial charge is 0.351 e. The summed E-state index contributed by atoms with van der Waals surface area (Å²) in [6.45, 7) is 9.91. The topological polar surface area (TPSA) is 55.1 Å². The number of amides is 2. The maximum Gasteiger partial charge on any atom is 0.316 e. The lowest BCUT2D eigenvalue weighted by molar-refractivity contribution is 0.259. The molecule has 0 aliphatic rings. The minimum absolute atomic E-state index is 0.528. The number of nitrogens with one attached hydrogen (secondary N) is 1. The van der Waals surface area contributed by atoms with Crippen molar-refractivity contribution in [1.82, 2.24) is 0 Å². The molecule has 0 saturated heterocycles. The van der Waals surface area contributed by atoms with Crippen LogP contribution in [0.2, 0.25) is 0 Å². The second kappa shape index (κ2) is 10.6. The standard InChI is InChI=1S/C8H10N2O.2C2H6/c1-6-4-2-3-5-7(6)10-8(9)11;2*1-2/h2-5H,1H3,(H3,9,10,11);2*1-2H3. The first kappa shape index (κ1) is 15.9. The van der Waals surface area contributed by atoms with Gasteiger partial charge in [0.25, 0.3) is 0 Å². The smallest absolute Gasteiger partial charge is 0.316 e. The van der Waals surface area contributed by atoms with Crippen LogP contribution in [0.1, 0.15) is 33.3 Å². The summed E-state index contributed by atoms with van der Waals surface area (Å²) in [6, 6.07) is 6.94. The highest BCUT2D eigenvalue weighted by molar-refractivity contribution is 5.88. The third kappa shape index (κ3) is 7.55. The van der Waals surface area contributed by atoms with E-state index >= 15 is 0 Å². The van der Waals surface area contributed by atoms with Crippen LogP contribution in [0.4, 0.5) is 10.5 Å². The Labute approximate surface area is 92.7 Å². The molecule has 0 heterocycles. The molecule has 0 aliphatic heterocycles. The lowest BCUT2D eigenvalue weighted by Crippen LogP contribution is -2.19. The van der Waals surface area contributed by atoms with Crippen molar-refractivity contribution in [2.45, 2.75) is 34.6 Å². The molecule has 3 N–H and O–H groups in total. The molecule has 86 valence electrons. The molecule has 0 saturated carbocycles. The van der Waals surface area contributed by atoms with Gasteiger partial charge in [-0.15, -0.1) is 0 Å². The van der Waals surface area contributed by atoms with Crippen molar-refractivity contribution in [1.29, 1.82) is 0 Å². The third-order valence-electron chi connectivity index (χ3n) is 1.40. The van der Waals surface area contributed by atoms with E-state index in [1.165, 1.54) is 0 Å². The summed E-state index contributed by atoms with van der Waals surface area (Å²) in [5.74, 6) is 0. The van der Waals surface area contributed by atoms with Gasteiger partial charge < -0.3 is 11.1 Å². The van der Waals surface area contributed by atoms with E-state index in [0.29, 0.717) is 0 Å². The molecule has 1 aromatic carbocycles. The van der Waals surface area contributed by atoms with Crippen molar-refractivity contribution in [2.75, 3.05) is 5.32 Å². The molecule has 15 heavy (non-hydrogen) atoms. The van der Waals surface area contributed by atoms with Crippen LogP contribution in [-0.4, -0.2) is 6.03 Å². The summed E-state index contributed by atoms with van der Waals surface area (Å²) in [5.41, 5.74) is 6.71. The van der Waals surface area contributed by atoms with E-state index in [4.69, 9.17) is 5.73 Å². The Kier molecular flexibility index (Phi) is 11.2. The van der Waals surface area contributed by atoms with Gasteiger partial charge in [-0.2, -0.15) is 0 Å². The molecule has 1 rings (SSSR count). The molecule has 0 bridgehead atoms. The van der Waals surface area contributed by atoms with Gasteiger partial charge in [0, 0.05) is 5.69 Å². The van der Waals surface area contributed by atoms with Gasteiger partial charge in [0.15, 0.2) is 0 Å². The van der Waals surface area contributed by atoms with Gasteiger partial charge in [-0.25, -0.2) is 4.79 Å². The number of para-hydroxylation sites is 1. The first-order chi connectivity index (χ1) is 7.20. The molecule has 0 radical (unpaired) electrons. The van der Waals surface area contributed by atoms with Gasteiger partial charge in [0.2, 0.25) is 0 Å². The zero-order chi connectivity index (χ0) is 12.3. The zero-order valence-electron chi connectivity index (χ0n) is 10.3. The fraction of sp³-hybridized carbons (Fsp3) is 0.417. The predicted octanol–water partition coefficient (Wildman–Crippen LogP) is 3.54. The first-order valence-electron chi connectivity index (χ1n) is 5.32. The van der Waals surface area contributed by atoms with Crippen LogP contribution < -0.4 is 11.1 Å². The van der Waals surface area contributed by atoms with Gasteiger partial charge in [-0.1, -0.05) is 45.9 Å². The summed E-state index contributed by atoms with van der Waals surface area (Å²) in [7, 11) is 0. The minimum Gasteiger partial charge on any atom is -0.351 e. The van der Waals surface area contributed by atoms with Gasteiger partial charge in [0.1, 0.15) is 0 Å². The summed E-state index contributed by atoms with van der Waals surface area (Å²) in [4.78, 5) is 10.4. The highest BCUT2D eigenvalue weighted by Crippen LogP contribution is 2.11. The van der Waals surface area contributed by atoms with Gasteiger partial charge in [0.05, 0.1) is 0 Å². The average molecular weight is 210 g/mol. The molecular weight excluding hydrogens is 188 g/mol. The SMILES string of the molecule is CC.CC.Cc1ccccc1NC(N)=O.